The molecular formula is C18H14N4O3S. The van der Waals surface area contributed by atoms with Gasteiger partial charge in [-0.3, -0.25) is 0 Å². The van der Waals surface area contributed by atoms with Crippen LogP contribution < -0.4 is 0 Å². The van der Waals surface area contributed by atoms with E-state index in [4.69, 9.17) is 0 Å². The fourth-order valence-corrected chi connectivity index (χ4v) is 2.21. The summed E-state index contributed by atoms with van der Waals surface area (Å²) >= 11 is 4.05. The first kappa shape index (κ1) is 17.4. The molecule has 0 saturated heterocycles. The van der Waals surface area contributed by atoms with E-state index in [0.29, 0.717) is 5.56 Å². The number of hydrogen-bond donors (Lipinski definition) is 4. The van der Waals surface area contributed by atoms with Crippen molar-refractivity contribution in [2.45, 2.75) is 5.16 Å². The third-order valence-corrected chi connectivity index (χ3v) is 3.50. The van der Waals surface area contributed by atoms with Gasteiger partial charge in [-0.05, 0) is 59.7 Å². The largest absolute Gasteiger partial charge is 0.508 e. The molecule has 0 aliphatic carbocycles. The molecule has 2 aromatic carbocycles. The normalized spacial score (nSPS) is 11.4. The van der Waals surface area contributed by atoms with E-state index in [1.54, 1.807) is 24.3 Å². The van der Waals surface area contributed by atoms with Crippen molar-refractivity contribution in [3.05, 3.63) is 59.7 Å². The molecule has 8 heteroatoms. The minimum absolute atomic E-state index is 0.0592. The summed E-state index contributed by atoms with van der Waals surface area (Å²) in [7, 11) is 0. The molecule has 0 spiro atoms. The Morgan fingerprint density at radius 2 is 1.23 bits per heavy atom. The average molecular weight is 366 g/mol. The molecule has 3 N–H and O–H groups in total. The number of phenolic OH excluding ortho intramolecular Hbond substituents is 2. The van der Waals surface area contributed by atoms with Crippen LogP contribution >= 0.6 is 12.6 Å². The molecule has 130 valence electrons. The van der Waals surface area contributed by atoms with Crippen LogP contribution in [0.15, 0.2) is 63.7 Å². The van der Waals surface area contributed by atoms with E-state index in [1.165, 1.54) is 36.7 Å². The van der Waals surface area contributed by atoms with Gasteiger partial charge < -0.3 is 15.3 Å². The summed E-state index contributed by atoms with van der Waals surface area (Å²) < 4.78 is 0. The summed E-state index contributed by atoms with van der Waals surface area (Å²) in [5.41, 5.74) is 1.53. The molecule has 3 aromatic rings. The van der Waals surface area contributed by atoms with Gasteiger partial charge in [0.25, 0.3) is 0 Å². The highest BCUT2D eigenvalue weighted by atomic mass is 32.1. The Bertz CT molecular complexity index is 971. The van der Waals surface area contributed by atoms with Crippen molar-refractivity contribution in [3.63, 3.8) is 0 Å². The highest BCUT2D eigenvalue weighted by Crippen LogP contribution is 2.34. The molecule has 0 aliphatic heterocycles. The maximum Gasteiger partial charge on any atom is 0.243 e. The Morgan fingerprint density at radius 3 is 1.77 bits per heavy atom. The van der Waals surface area contributed by atoms with Crippen molar-refractivity contribution >= 4 is 36.6 Å². The molecule has 0 amide bonds. The highest BCUT2D eigenvalue weighted by molar-refractivity contribution is 7.80. The van der Waals surface area contributed by atoms with Gasteiger partial charge in [0.05, 0.1) is 0 Å². The first-order chi connectivity index (χ1) is 12.5. The number of hydrogen-bond acceptors (Lipinski definition) is 8. The van der Waals surface area contributed by atoms with Crippen molar-refractivity contribution in [1.82, 2.24) is 9.97 Å². The van der Waals surface area contributed by atoms with Gasteiger partial charge in [0.15, 0.2) is 16.7 Å². The standard InChI is InChI=1S/C18H14N4O3S/c23-13-5-1-11(2-6-13)9-19-15-16(21-18(26)22-17(15)25)20-10-12-3-7-14(24)8-4-12/h1-10,23-24H,(H2,21,22,25,26)/b19-9+,20-10+. The first-order valence-electron chi connectivity index (χ1n) is 7.47. The molecule has 1 aromatic heterocycles. The lowest BCUT2D eigenvalue weighted by Crippen LogP contribution is -1.88. The van der Waals surface area contributed by atoms with Gasteiger partial charge >= 0.3 is 0 Å². The molecule has 3 rings (SSSR count). The second-order valence-corrected chi connectivity index (χ2v) is 5.62. The number of rotatable bonds is 4. The second kappa shape index (κ2) is 7.66. The third-order valence-electron chi connectivity index (χ3n) is 3.30. The van der Waals surface area contributed by atoms with Gasteiger partial charge in [0.2, 0.25) is 5.88 Å². The number of thiol groups is 1. The Kier molecular flexibility index (Phi) is 5.14. The van der Waals surface area contributed by atoms with Crippen molar-refractivity contribution in [2.75, 3.05) is 0 Å². The van der Waals surface area contributed by atoms with Gasteiger partial charge in [-0.2, -0.15) is 4.98 Å². The zero-order chi connectivity index (χ0) is 18.5. The van der Waals surface area contributed by atoms with E-state index in [0.717, 1.165) is 5.56 Å². The van der Waals surface area contributed by atoms with Crippen LogP contribution in [-0.4, -0.2) is 37.7 Å². The molecule has 0 saturated carbocycles. The van der Waals surface area contributed by atoms with E-state index in [9.17, 15) is 15.3 Å². The van der Waals surface area contributed by atoms with Crippen LogP contribution in [0.4, 0.5) is 11.5 Å². The van der Waals surface area contributed by atoms with Crippen LogP contribution in [0.5, 0.6) is 17.4 Å². The van der Waals surface area contributed by atoms with Gasteiger partial charge in [0, 0.05) is 12.4 Å². The molecule has 0 bridgehead atoms. The predicted octanol–water partition coefficient (Wildman–Crippen LogP) is 3.38. The molecular weight excluding hydrogens is 352 g/mol. The van der Waals surface area contributed by atoms with Crippen LogP contribution in [0.25, 0.3) is 0 Å². The molecule has 0 unspecified atom stereocenters. The maximum absolute atomic E-state index is 10.1. The molecule has 0 aliphatic rings. The SMILES string of the molecule is Oc1ccc(/C=N/c2nc(S)nc(O)c2/N=C/c2ccc(O)cc2)cc1. The summed E-state index contributed by atoms with van der Waals surface area (Å²) in [4.78, 5) is 16.3. The fraction of sp³-hybridized carbons (Fsp3) is 0. The number of nitrogens with zero attached hydrogens (tertiary/aromatic N) is 4. The van der Waals surface area contributed by atoms with E-state index in [2.05, 4.69) is 32.6 Å². The Labute approximate surface area is 154 Å². The summed E-state index contributed by atoms with van der Waals surface area (Å²) in [6.45, 7) is 0. The fourth-order valence-electron chi connectivity index (χ4n) is 2.02. The third kappa shape index (κ3) is 4.37. The van der Waals surface area contributed by atoms with Crippen LogP contribution in [0, 0.1) is 0 Å². The van der Waals surface area contributed by atoms with Crippen LogP contribution in [0.2, 0.25) is 0 Å². The Balaban J connectivity index is 1.94. The average Bonchev–Trinajstić information content (AvgIpc) is 2.62. The van der Waals surface area contributed by atoms with Crippen molar-refractivity contribution in [2.24, 2.45) is 9.98 Å². The quantitative estimate of drug-likeness (QED) is 0.321. The van der Waals surface area contributed by atoms with Crippen LogP contribution in [0.3, 0.4) is 0 Å². The lowest BCUT2D eigenvalue weighted by molar-refractivity contribution is 0.448. The van der Waals surface area contributed by atoms with E-state index >= 15 is 0 Å². The van der Waals surface area contributed by atoms with Crippen molar-refractivity contribution in [3.8, 4) is 17.4 Å². The summed E-state index contributed by atoms with van der Waals surface area (Å²) in [5, 5.41) is 28.7. The number of aliphatic imine (C=N–C) groups is 2. The molecule has 0 fully saturated rings. The monoisotopic (exact) mass is 366 g/mol. The molecule has 0 atom stereocenters. The molecule has 7 nitrogen and oxygen atoms in total. The number of aromatic hydroxyl groups is 3. The van der Waals surface area contributed by atoms with Crippen molar-refractivity contribution in [1.29, 1.82) is 0 Å². The first-order valence-corrected chi connectivity index (χ1v) is 7.92. The summed E-state index contributed by atoms with van der Waals surface area (Å²) in [6.07, 6.45) is 3.02. The summed E-state index contributed by atoms with van der Waals surface area (Å²) in [5.74, 6) is 0.0918. The Hall–Kier alpha value is -3.39. The highest BCUT2D eigenvalue weighted by Gasteiger charge is 2.11. The second-order valence-electron chi connectivity index (χ2n) is 5.22. The smallest absolute Gasteiger partial charge is 0.243 e. The molecule has 0 radical (unpaired) electrons. The Morgan fingerprint density at radius 1 is 0.731 bits per heavy atom. The predicted molar refractivity (Wildman–Crippen MR) is 102 cm³/mol. The lowest BCUT2D eigenvalue weighted by Gasteiger charge is -2.03. The maximum atomic E-state index is 10.1. The van der Waals surface area contributed by atoms with E-state index < -0.39 is 0 Å². The zero-order valence-corrected chi connectivity index (χ0v) is 14.2. The minimum Gasteiger partial charge on any atom is -0.508 e. The van der Waals surface area contributed by atoms with Crippen LogP contribution in [0.1, 0.15) is 11.1 Å². The van der Waals surface area contributed by atoms with Gasteiger partial charge in [-0.15, -0.1) is 12.6 Å². The number of aromatic nitrogens is 2. The van der Waals surface area contributed by atoms with Crippen LogP contribution in [-0.2, 0) is 0 Å². The zero-order valence-electron chi connectivity index (χ0n) is 13.4. The molecule has 1 heterocycles. The van der Waals surface area contributed by atoms with E-state index in [-0.39, 0.29) is 34.0 Å². The van der Waals surface area contributed by atoms with E-state index in [1.807, 2.05) is 0 Å². The van der Waals surface area contributed by atoms with Crippen molar-refractivity contribution < 1.29 is 15.3 Å². The number of phenols is 2. The number of benzene rings is 2. The van der Waals surface area contributed by atoms with Gasteiger partial charge in [-0.1, -0.05) is 0 Å². The lowest BCUT2D eigenvalue weighted by atomic mass is 10.2. The summed E-state index contributed by atoms with van der Waals surface area (Å²) in [6, 6.07) is 12.8. The minimum atomic E-state index is -0.349. The topological polar surface area (TPSA) is 111 Å². The molecule has 26 heavy (non-hydrogen) atoms. The van der Waals surface area contributed by atoms with Gasteiger partial charge in [0.1, 0.15) is 11.5 Å². The van der Waals surface area contributed by atoms with Gasteiger partial charge in [-0.25, -0.2) is 15.0 Å².